The van der Waals surface area contributed by atoms with Gasteiger partial charge in [0.1, 0.15) is 0 Å². The molecule has 0 spiro atoms. The number of rotatable bonds is 6. The number of hydrogen-bond donors (Lipinski definition) is 1. The molecule has 1 aromatic carbocycles. The first-order valence-electron chi connectivity index (χ1n) is 7.25. The number of fused-ring (bicyclic) bond motifs is 1. The van der Waals surface area contributed by atoms with Gasteiger partial charge < -0.3 is 15.0 Å². The average molecular weight is 262 g/mol. The molecule has 19 heavy (non-hydrogen) atoms. The Labute approximate surface area is 116 Å². The molecular weight excluding hydrogens is 236 g/mol. The van der Waals surface area contributed by atoms with E-state index in [-0.39, 0.29) is 0 Å². The smallest absolute Gasteiger partial charge is 0.0596 e. The monoisotopic (exact) mass is 262 g/mol. The van der Waals surface area contributed by atoms with E-state index in [9.17, 15) is 0 Å². The van der Waals surface area contributed by atoms with Gasteiger partial charge >= 0.3 is 0 Å². The number of nitrogens with one attached hydrogen (secondary N) is 1. The van der Waals surface area contributed by atoms with Crippen LogP contribution in [0.25, 0.3) is 0 Å². The first-order valence-corrected chi connectivity index (χ1v) is 7.25. The normalized spacial score (nSPS) is 18.9. The predicted molar refractivity (Wildman–Crippen MR) is 79.5 cm³/mol. The Morgan fingerprint density at radius 3 is 2.95 bits per heavy atom. The van der Waals surface area contributed by atoms with Gasteiger partial charge in [0.2, 0.25) is 0 Å². The van der Waals surface area contributed by atoms with E-state index in [4.69, 9.17) is 4.74 Å². The van der Waals surface area contributed by atoms with Crippen molar-refractivity contribution in [3.63, 3.8) is 0 Å². The zero-order chi connectivity index (χ0) is 13.7. The van der Waals surface area contributed by atoms with Crippen molar-refractivity contribution in [2.75, 3.05) is 33.3 Å². The summed E-state index contributed by atoms with van der Waals surface area (Å²) in [6.07, 6.45) is 0.325. The minimum Gasteiger partial charge on any atom is -0.377 e. The Kier molecular flexibility index (Phi) is 5.37. The zero-order valence-electron chi connectivity index (χ0n) is 12.4. The molecule has 3 nitrogen and oxygen atoms in total. The van der Waals surface area contributed by atoms with Gasteiger partial charge in [0, 0.05) is 32.1 Å². The second-order valence-corrected chi connectivity index (χ2v) is 5.71. The van der Waals surface area contributed by atoms with Crippen LogP contribution in [0.15, 0.2) is 24.3 Å². The van der Waals surface area contributed by atoms with Crippen molar-refractivity contribution in [1.82, 2.24) is 10.2 Å². The van der Waals surface area contributed by atoms with Crippen LogP contribution in [0.1, 0.15) is 30.9 Å². The van der Waals surface area contributed by atoms with E-state index < -0.39 is 0 Å². The van der Waals surface area contributed by atoms with Crippen molar-refractivity contribution in [1.29, 1.82) is 0 Å². The van der Waals surface area contributed by atoms with Gasteiger partial charge in [-0.25, -0.2) is 0 Å². The Bertz CT molecular complexity index is 392. The number of likely N-dealkylation sites (N-methyl/N-ethyl adjacent to an activating group) is 1. The molecule has 1 heterocycles. The van der Waals surface area contributed by atoms with Gasteiger partial charge in [-0.15, -0.1) is 0 Å². The summed E-state index contributed by atoms with van der Waals surface area (Å²) in [5.41, 5.74) is 2.96. The molecule has 1 N–H and O–H groups in total. The van der Waals surface area contributed by atoms with Crippen LogP contribution in [-0.4, -0.2) is 44.3 Å². The van der Waals surface area contributed by atoms with E-state index in [1.807, 2.05) is 0 Å². The van der Waals surface area contributed by atoms with Gasteiger partial charge in [0.05, 0.1) is 12.7 Å². The summed E-state index contributed by atoms with van der Waals surface area (Å²) < 4.78 is 5.61. The molecule has 106 valence electrons. The Balaban J connectivity index is 1.86. The minimum absolute atomic E-state index is 0.325. The highest BCUT2D eigenvalue weighted by atomic mass is 16.5. The van der Waals surface area contributed by atoms with Crippen molar-refractivity contribution in [3.8, 4) is 0 Å². The molecule has 1 atom stereocenters. The van der Waals surface area contributed by atoms with E-state index in [0.717, 1.165) is 32.8 Å². The van der Waals surface area contributed by atoms with Crippen LogP contribution in [0.2, 0.25) is 0 Å². The molecule has 0 radical (unpaired) electrons. The molecule has 1 unspecified atom stereocenters. The second-order valence-electron chi connectivity index (χ2n) is 5.71. The van der Waals surface area contributed by atoms with Crippen LogP contribution < -0.4 is 5.32 Å². The SMILES string of the molecule is CC(C)OCCN(C)CC1CNCc2ccccc21. The molecule has 0 fully saturated rings. The van der Waals surface area contributed by atoms with E-state index in [2.05, 4.69) is 55.4 Å². The molecule has 1 aliphatic rings. The molecule has 3 heteroatoms. The highest BCUT2D eigenvalue weighted by molar-refractivity contribution is 5.32. The molecule has 0 amide bonds. The molecule has 1 aliphatic heterocycles. The van der Waals surface area contributed by atoms with Crippen molar-refractivity contribution < 1.29 is 4.74 Å². The van der Waals surface area contributed by atoms with Gasteiger partial charge in [0.25, 0.3) is 0 Å². The Morgan fingerprint density at radius 1 is 1.37 bits per heavy atom. The van der Waals surface area contributed by atoms with E-state index in [1.54, 1.807) is 0 Å². The molecule has 1 aromatic rings. The zero-order valence-corrected chi connectivity index (χ0v) is 12.4. The first-order chi connectivity index (χ1) is 9.16. The fourth-order valence-electron chi connectivity index (χ4n) is 2.66. The minimum atomic E-state index is 0.325. The third-order valence-corrected chi connectivity index (χ3v) is 3.66. The lowest BCUT2D eigenvalue weighted by molar-refractivity contribution is 0.0627. The molecular formula is C16H26N2O. The summed E-state index contributed by atoms with van der Waals surface area (Å²) in [5, 5.41) is 3.51. The fourth-order valence-corrected chi connectivity index (χ4v) is 2.66. The summed E-state index contributed by atoms with van der Waals surface area (Å²) >= 11 is 0. The lowest BCUT2D eigenvalue weighted by Crippen LogP contribution is -2.36. The Morgan fingerprint density at radius 2 is 2.16 bits per heavy atom. The van der Waals surface area contributed by atoms with Crippen LogP contribution in [0, 0.1) is 0 Å². The largest absolute Gasteiger partial charge is 0.377 e. The standard InChI is InChI=1S/C16H26N2O/c1-13(2)19-9-8-18(3)12-15-11-17-10-14-6-4-5-7-16(14)15/h4-7,13,15,17H,8-12H2,1-3H3. The average Bonchev–Trinajstić information content (AvgIpc) is 2.39. The highest BCUT2D eigenvalue weighted by Gasteiger charge is 2.20. The molecule has 0 aliphatic carbocycles. The van der Waals surface area contributed by atoms with E-state index in [0.29, 0.717) is 12.0 Å². The van der Waals surface area contributed by atoms with Gasteiger partial charge in [-0.2, -0.15) is 0 Å². The van der Waals surface area contributed by atoms with Crippen LogP contribution in [0.3, 0.4) is 0 Å². The van der Waals surface area contributed by atoms with Crippen molar-refractivity contribution in [2.24, 2.45) is 0 Å². The predicted octanol–water partition coefficient (Wildman–Crippen LogP) is 2.23. The molecule has 0 aromatic heterocycles. The molecule has 2 rings (SSSR count). The maximum absolute atomic E-state index is 5.61. The third kappa shape index (κ3) is 4.30. The summed E-state index contributed by atoms with van der Waals surface area (Å²) in [5.74, 6) is 0.592. The molecule has 0 bridgehead atoms. The molecule has 0 saturated heterocycles. The maximum atomic E-state index is 5.61. The fraction of sp³-hybridized carbons (Fsp3) is 0.625. The lowest BCUT2D eigenvalue weighted by Gasteiger charge is -2.30. The lowest BCUT2D eigenvalue weighted by atomic mass is 9.90. The van der Waals surface area contributed by atoms with Crippen molar-refractivity contribution in [3.05, 3.63) is 35.4 Å². The summed E-state index contributed by atoms with van der Waals surface area (Å²) in [6.45, 7) is 9.15. The Hall–Kier alpha value is -0.900. The van der Waals surface area contributed by atoms with Crippen LogP contribution in [0.5, 0.6) is 0 Å². The number of hydrogen-bond acceptors (Lipinski definition) is 3. The number of benzene rings is 1. The van der Waals surface area contributed by atoms with Crippen molar-refractivity contribution >= 4 is 0 Å². The van der Waals surface area contributed by atoms with E-state index >= 15 is 0 Å². The first kappa shape index (κ1) is 14.5. The topological polar surface area (TPSA) is 24.5 Å². The second kappa shape index (κ2) is 7.04. The maximum Gasteiger partial charge on any atom is 0.0596 e. The van der Waals surface area contributed by atoms with E-state index in [1.165, 1.54) is 11.1 Å². The van der Waals surface area contributed by atoms with Crippen LogP contribution in [-0.2, 0) is 11.3 Å². The van der Waals surface area contributed by atoms with Gasteiger partial charge in [-0.05, 0) is 32.0 Å². The van der Waals surface area contributed by atoms with Gasteiger partial charge in [0.15, 0.2) is 0 Å². The number of ether oxygens (including phenoxy) is 1. The van der Waals surface area contributed by atoms with Crippen molar-refractivity contribution in [2.45, 2.75) is 32.4 Å². The summed E-state index contributed by atoms with van der Waals surface area (Å²) in [6, 6.07) is 8.79. The van der Waals surface area contributed by atoms with Crippen LogP contribution in [0.4, 0.5) is 0 Å². The van der Waals surface area contributed by atoms with Gasteiger partial charge in [-0.3, -0.25) is 0 Å². The number of nitrogens with zero attached hydrogens (tertiary/aromatic N) is 1. The van der Waals surface area contributed by atoms with Gasteiger partial charge in [-0.1, -0.05) is 24.3 Å². The molecule has 0 saturated carbocycles. The van der Waals surface area contributed by atoms with Crippen LogP contribution >= 0.6 is 0 Å². The quantitative estimate of drug-likeness (QED) is 0.851. The summed E-state index contributed by atoms with van der Waals surface area (Å²) in [7, 11) is 2.18. The third-order valence-electron chi connectivity index (χ3n) is 3.66. The highest BCUT2D eigenvalue weighted by Crippen LogP contribution is 2.24. The summed E-state index contributed by atoms with van der Waals surface area (Å²) in [4.78, 5) is 2.37.